The highest BCUT2D eigenvalue weighted by atomic mass is 16.5. The van der Waals surface area contributed by atoms with Crippen LogP contribution in [0.5, 0.6) is 6.01 Å². The van der Waals surface area contributed by atoms with Crippen molar-refractivity contribution >= 4 is 11.9 Å². The summed E-state index contributed by atoms with van der Waals surface area (Å²) < 4.78 is 10.9. The number of rotatable bonds is 10. The van der Waals surface area contributed by atoms with Crippen molar-refractivity contribution in [3.8, 4) is 6.01 Å². The molecule has 1 heterocycles. The van der Waals surface area contributed by atoms with Crippen molar-refractivity contribution in [1.29, 1.82) is 0 Å². The molecule has 0 aromatic carbocycles. The first-order valence-electron chi connectivity index (χ1n) is 6.87. The number of nitrogens with two attached hydrogens (primary N) is 1. The van der Waals surface area contributed by atoms with Crippen LogP contribution in [0.4, 0.5) is 11.9 Å². The van der Waals surface area contributed by atoms with Gasteiger partial charge in [0.25, 0.3) is 0 Å². The zero-order valence-corrected chi connectivity index (χ0v) is 13.1. The highest BCUT2D eigenvalue weighted by Gasteiger charge is 2.08. The van der Waals surface area contributed by atoms with Gasteiger partial charge >= 0.3 is 6.01 Å². The second-order valence-corrected chi connectivity index (χ2v) is 4.92. The summed E-state index contributed by atoms with van der Waals surface area (Å²) in [6.07, 6.45) is -0.0276. The summed E-state index contributed by atoms with van der Waals surface area (Å²) in [5, 5.41) is 3.04. The van der Waals surface area contributed by atoms with Gasteiger partial charge in [-0.15, -0.1) is 0 Å². The summed E-state index contributed by atoms with van der Waals surface area (Å²) in [7, 11) is 4.01. The Hall–Kier alpha value is -1.71. The third kappa shape index (κ3) is 7.59. The third-order valence-electron chi connectivity index (χ3n) is 2.30. The van der Waals surface area contributed by atoms with Crippen LogP contribution >= 0.6 is 0 Å². The molecular weight excluding hydrogens is 274 g/mol. The molecule has 0 saturated carbocycles. The molecule has 0 radical (unpaired) electrons. The van der Waals surface area contributed by atoms with Crippen molar-refractivity contribution in [3.05, 3.63) is 0 Å². The van der Waals surface area contributed by atoms with Gasteiger partial charge in [0.1, 0.15) is 0 Å². The Morgan fingerprint density at radius 2 is 1.86 bits per heavy atom. The molecule has 120 valence electrons. The molecule has 4 N–H and O–H groups in total. The first kappa shape index (κ1) is 17.3. The molecule has 0 atom stereocenters. The largest absolute Gasteiger partial charge is 0.461 e. The van der Waals surface area contributed by atoms with E-state index in [1.54, 1.807) is 0 Å². The second kappa shape index (κ2) is 9.27. The SMILES string of the molecule is CC(C)Oc1nc(NN)nc(NCCOCCN(C)C)n1. The van der Waals surface area contributed by atoms with Crippen LogP contribution in [0.2, 0.25) is 0 Å². The number of nitrogen functional groups attached to an aromatic ring is 1. The molecule has 0 aliphatic heterocycles. The number of hydrazine groups is 1. The molecular formula is C12H25N7O2. The van der Waals surface area contributed by atoms with Crippen molar-refractivity contribution in [2.75, 3.05) is 51.1 Å². The normalized spacial score (nSPS) is 11.0. The Labute approximate surface area is 125 Å². The fourth-order valence-electron chi connectivity index (χ4n) is 1.35. The molecule has 0 bridgehead atoms. The van der Waals surface area contributed by atoms with Gasteiger partial charge in [0.2, 0.25) is 11.9 Å². The van der Waals surface area contributed by atoms with Crippen molar-refractivity contribution in [2.45, 2.75) is 20.0 Å². The van der Waals surface area contributed by atoms with Gasteiger partial charge in [0, 0.05) is 13.1 Å². The average Bonchev–Trinajstić information content (AvgIpc) is 2.41. The predicted molar refractivity (Wildman–Crippen MR) is 81.3 cm³/mol. The summed E-state index contributed by atoms with van der Waals surface area (Å²) in [5.74, 6) is 5.97. The van der Waals surface area contributed by atoms with Crippen LogP contribution in [-0.4, -0.2) is 66.4 Å². The fraction of sp³-hybridized carbons (Fsp3) is 0.750. The van der Waals surface area contributed by atoms with Gasteiger partial charge in [0.15, 0.2) is 0 Å². The number of hydrogen-bond acceptors (Lipinski definition) is 9. The molecule has 21 heavy (non-hydrogen) atoms. The summed E-state index contributed by atoms with van der Waals surface area (Å²) in [6, 6.07) is 0.226. The zero-order chi connectivity index (χ0) is 15.7. The van der Waals surface area contributed by atoms with Crippen molar-refractivity contribution in [1.82, 2.24) is 19.9 Å². The zero-order valence-electron chi connectivity index (χ0n) is 13.1. The monoisotopic (exact) mass is 299 g/mol. The predicted octanol–water partition coefficient (Wildman–Crippen LogP) is -0.0655. The summed E-state index contributed by atoms with van der Waals surface area (Å²) in [6.45, 7) is 6.51. The first-order valence-corrected chi connectivity index (χ1v) is 6.87. The van der Waals surface area contributed by atoms with Gasteiger partial charge in [0.05, 0.1) is 19.3 Å². The van der Waals surface area contributed by atoms with Gasteiger partial charge in [-0.25, -0.2) is 5.84 Å². The molecule has 0 amide bonds. The van der Waals surface area contributed by atoms with E-state index in [1.807, 2.05) is 27.9 Å². The van der Waals surface area contributed by atoms with E-state index in [-0.39, 0.29) is 18.1 Å². The van der Waals surface area contributed by atoms with E-state index in [2.05, 4.69) is 30.6 Å². The molecule has 9 nitrogen and oxygen atoms in total. The second-order valence-electron chi connectivity index (χ2n) is 4.92. The molecule has 0 saturated heterocycles. The Balaban J connectivity index is 2.42. The van der Waals surface area contributed by atoms with Gasteiger partial charge in [-0.05, 0) is 27.9 Å². The van der Waals surface area contributed by atoms with Gasteiger partial charge in [-0.1, -0.05) is 0 Å². The molecule has 0 fully saturated rings. The smallest absolute Gasteiger partial charge is 0.323 e. The lowest BCUT2D eigenvalue weighted by Crippen LogP contribution is -2.21. The number of nitrogens with zero attached hydrogens (tertiary/aromatic N) is 4. The van der Waals surface area contributed by atoms with Crippen LogP contribution in [-0.2, 0) is 4.74 Å². The van der Waals surface area contributed by atoms with E-state index >= 15 is 0 Å². The molecule has 0 aliphatic carbocycles. The number of ether oxygens (including phenoxy) is 2. The molecule has 9 heteroatoms. The van der Waals surface area contributed by atoms with Crippen LogP contribution < -0.4 is 21.3 Å². The lowest BCUT2D eigenvalue weighted by atomic mass is 10.5. The van der Waals surface area contributed by atoms with Crippen molar-refractivity contribution < 1.29 is 9.47 Å². The number of likely N-dealkylation sites (N-methyl/N-ethyl adjacent to an activating group) is 1. The Morgan fingerprint density at radius 3 is 2.48 bits per heavy atom. The standard InChI is InChI=1S/C12H25N7O2/c1-9(2)21-12-16-10(15-11(17-12)18-13)14-5-7-20-8-6-19(3)4/h9H,5-8,13H2,1-4H3,(H2,14,15,16,17,18). The van der Waals surface area contributed by atoms with E-state index < -0.39 is 0 Å². The summed E-state index contributed by atoms with van der Waals surface area (Å²) in [5.41, 5.74) is 2.39. The summed E-state index contributed by atoms with van der Waals surface area (Å²) >= 11 is 0. The Bertz CT molecular complexity index is 415. The minimum absolute atomic E-state index is 0.0276. The highest BCUT2D eigenvalue weighted by Crippen LogP contribution is 2.11. The lowest BCUT2D eigenvalue weighted by Gasteiger charge is -2.12. The van der Waals surface area contributed by atoms with E-state index in [4.69, 9.17) is 15.3 Å². The lowest BCUT2D eigenvalue weighted by molar-refractivity contribution is 0.126. The van der Waals surface area contributed by atoms with Gasteiger partial charge in [-0.2, -0.15) is 15.0 Å². The molecule has 0 spiro atoms. The third-order valence-corrected chi connectivity index (χ3v) is 2.30. The number of nitrogens with one attached hydrogen (secondary N) is 2. The van der Waals surface area contributed by atoms with E-state index in [9.17, 15) is 0 Å². The van der Waals surface area contributed by atoms with Crippen LogP contribution in [0, 0.1) is 0 Å². The number of anilines is 2. The van der Waals surface area contributed by atoms with Crippen LogP contribution in [0.1, 0.15) is 13.8 Å². The van der Waals surface area contributed by atoms with Gasteiger partial charge in [-0.3, -0.25) is 5.43 Å². The molecule has 0 unspecified atom stereocenters. The molecule has 1 aromatic rings. The maximum atomic E-state index is 5.47. The molecule has 1 aromatic heterocycles. The highest BCUT2D eigenvalue weighted by molar-refractivity contribution is 5.34. The molecule has 0 aliphatic rings. The van der Waals surface area contributed by atoms with Crippen molar-refractivity contribution in [3.63, 3.8) is 0 Å². The maximum absolute atomic E-state index is 5.47. The quantitative estimate of drug-likeness (QED) is 0.311. The van der Waals surface area contributed by atoms with Crippen LogP contribution in [0.15, 0.2) is 0 Å². The number of hydrogen-bond donors (Lipinski definition) is 3. The van der Waals surface area contributed by atoms with Crippen LogP contribution in [0.25, 0.3) is 0 Å². The van der Waals surface area contributed by atoms with E-state index in [0.29, 0.717) is 25.7 Å². The van der Waals surface area contributed by atoms with Gasteiger partial charge < -0.3 is 19.7 Å². The Morgan fingerprint density at radius 1 is 1.14 bits per heavy atom. The molecule has 1 rings (SSSR count). The number of aromatic nitrogens is 3. The summed E-state index contributed by atoms with van der Waals surface area (Å²) in [4.78, 5) is 14.3. The maximum Gasteiger partial charge on any atom is 0.323 e. The van der Waals surface area contributed by atoms with E-state index in [0.717, 1.165) is 6.54 Å². The van der Waals surface area contributed by atoms with E-state index in [1.165, 1.54) is 0 Å². The topological polar surface area (TPSA) is 110 Å². The fourth-order valence-corrected chi connectivity index (χ4v) is 1.35. The average molecular weight is 299 g/mol. The van der Waals surface area contributed by atoms with Crippen molar-refractivity contribution in [2.24, 2.45) is 5.84 Å². The first-order chi connectivity index (χ1) is 10.0. The minimum Gasteiger partial charge on any atom is -0.461 e. The minimum atomic E-state index is -0.0276. The Kier molecular flexibility index (Phi) is 7.65. The van der Waals surface area contributed by atoms with Crippen LogP contribution in [0.3, 0.4) is 0 Å².